The van der Waals surface area contributed by atoms with Crippen molar-refractivity contribution in [2.45, 2.75) is 25.4 Å². The Morgan fingerprint density at radius 2 is 1.91 bits per heavy atom. The molecule has 4 nitrogen and oxygen atoms in total. The van der Waals surface area contributed by atoms with Gasteiger partial charge >= 0.3 is 0 Å². The molecule has 23 heavy (non-hydrogen) atoms. The van der Waals surface area contributed by atoms with Crippen LogP contribution in [0.5, 0.6) is 0 Å². The molecule has 116 valence electrons. The van der Waals surface area contributed by atoms with Gasteiger partial charge in [0.15, 0.2) is 0 Å². The van der Waals surface area contributed by atoms with Crippen molar-refractivity contribution >= 4 is 28.5 Å². The zero-order chi connectivity index (χ0) is 15.8. The number of imidazole rings is 1. The number of amides is 1. The van der Waals surface area contributed by atoms with E-state index in [2.05, 4.69) is 5.32 Å². The fraction of sp³-hybridized carbons (Fsp3) is 0.222. The van der Waals surface area contributed by atoms with Gasteiger partial charge in [0.25, 0.3) is 0 Å². The number of aromatic nitrogens is 2. The molecule has 0 unspecified atom stereocenters. The maximum atomic E-state index is 12.3. The third-order valence-electron chi connectivity index (χ3n) is 4.01. The summed E-state index contributed by atoms with van der Waals surface area (Å²) in [6.07, 6.45) is 2.15. The van der Waals surface area contributed by atoms with Gasteiger partial charge in [-0.15, -0.1) is 0 Å². The van der Waals surface area contributed by atoms with Crippen molar-refractivity contribution in [3.8, 4) is 11.4 Å². The number of rotatable bonds is 4. The Morgan fingerprint density at radius 1 is 1.17 bits per heavy atom. The molecule has 0 atom stereocenters. The second-order valence-corrected chi connectivity index (χ2v) is 6.24. The first-order valence-electron chi connectivity index (χ1n) is 7.72. The maximum absolute atomic E-state index is 12.3. The number of fused-ring (bicyclic) bond motifs is 1. The molecule has 1 saturated carbocycles. The lowest BCUT2D eigenvalue weighted by atomic mass is 10.2. The fourth-order valence-electron chi connectivity index (χ4n) is 2.73. The van der Waals surface area contributed by atoms with E-state index >= 15 is 0 Å². The Morgan fingerprint density at radius 3 is 2.70 bits per heavy atom. The van der Waals surface area contributed by atoms with Crippen LogP contribution in [0.15, 0.2) is 48.5 Å². The van der Waals surface area contributed by atoms with Gasteiger partial charge in [0.1, 0.15) is 12.4 Å². The molecule has 1 fully saturated rings. The maximum Gasteiger partial charge on any atom is 0.240 e. The van der Waals surface area contributed by atoms with Crippen LogP contribution in [0.2, 0.25) is 5.02 Å². The number of carbonyl (C=O) groups excluding carboxylic acids is 1. The summed E-state index contributed by atoms with van der Waals surface area (Å²) in [4.78, 5) is 17.0. The summed E-state index contributed by atoms with van der Waals surface area (Å²) in [5.74, 6) is 0.742. The van der Waals surface area contributed by atoms with Crippen LogP contribution in [0.25, 0.3) is 22.4 Å². The lowest BCUT2D eigenvalue weighted by Gasteiger charge is -2.10. The number of para-hydroxylation sites is 2. The van der Waals surface area contributed by atoms with Crippen molar-refractivity contribution in [1.29, 1.82) is 0 Å². The van der Waals surface area contributed by atoms with Gasteiger partial charge in [-0.3, -0.25) is 4.79 Å². The molecular weight excluding hydrogens is 310 g/mol. The van der Waals surface area contributed by atoms with Crippen molar-refractivity contribution in [1.82, 2.24) is 14.9 Å². The average Bonchev–Trinajstić information content (AvgIpc) is 3.29. The third-order valence-corrected chi connectivity index (χ3v) is 4.34. The molecule has 0 spiro atoms. The minimum atomic E-state index is 0.0176. The molecule has 1 N–H and O–H groups in total. The van der Waals surface area contributed by atoms with E-state index in [1.54, 1.807) is 0 Å². The van der Waals surface area contributed by atoms with Crippen LogP contribution in [0.1, 0.15) is 12.8 Å². The molecular formula is C18H16ClN3O. The molecule has 4 rings (SSSR count). The first-order chi connectivity index (χ1) is 11.2. The molecule has 2 aromatic carbocycles. The molecule has 3 aromatic rings. The summed E-state index contributed by atoms with van der Waals surface area (Å²) < 4.78 is 1.94. The highest BCUT2D eigenvalue weighted by Gasteiger charge is 2.24. The fourth-order valence-corrected chi connectivity index (χ4v) is 2.95. The molecule has 0 saturated heterocycles. The van der Waals surface area contributed by atoms with Crippen molar-refractivity contribution in [3.63, 3.8) is 0 Å². The summed E-state index contributed by atoms with van der Waals surface area (Å²) in [6.45, 7) is 0.248. The van der Waals surface area contributed by atoms with Crippen LogP contribution in [0.4, 0.5) is 0 Å². The zero-order valence-corrected chi connectivity index (χ0v) is 13.3. The zero-order valence-electron chi connectivity index (χ0n) is 12.5. The SMILES string of the molecule is O=C(Cn1c(-c2ccccc2Cl)nc2ccccc21)NC1CC1. The molecule has 0 radical (unpaired) electrons. The monoisotopic (exact) mass is 325 g/mol. The van der Waals surface area contributed by atoms with E-state index in [0.717, 1.165) is 35.3 Å². The molecule has 1 aromatic heterocycles. The predicted octanol–water partition coefficient (Wildman–Crippen LogP) is 3.64. The largest absolute Gasteiger partial charge is 0.352 e. The number of nitrogens with one attached hydrogen (secondary N) is 1. The molecule has 5 heteroatoms. The Bertz CT molecular complexity index is 883. The van der Waals surface area contributed by atoms with Crippen molar-refractivity contribution in [3.05, 3.63) is 53.6 Å². The number of benzene rings is 2. The van der Waals surface area contributed by atoms with Gasteiger partial charge in [-0.05, 0) is 37.1 Å². The van der Waals surface area contributed by atoms with Crippen LogP contribution in [0.3, 0.4) is 0 Å². The van der Waals surface area contributed by atoms with Gasteiger partial charge in [-0.1, -0.05) is 35.9 Å². The minimum absolute atomic E-state index is 0.0176. The van der Waals surface area contributed by atoms with Crippen LogP contribution in [-0.4, -0.2) is 21.5 Å². The van der Waals surface area contributed by atoms with Crippen LogP contribution < -0.4 is 5.32 Å². The van der Waals surface area contributed by atoms with Gasteiger partial charge in [-0.2, -0.15) is 0 Å². The summed E-state index contributed by atoms with van der Waals surface area (Å²) in [6, 6.07) is 15.8. The van der Waals surface area contributed by atoms with Crippen molar-refractivity contribution < 1.29 is 4.79 Å². The van der Waals surface area contributed by atoms with E-state index in [0.29, 0.717) is 11.1 Å². The predicted molar refractivity (Wildman–Crippen MR) is 91.3 cm³/mol. The molecule has 0 aliphatic heterocycles. The second-order valence-electron chi connectivity index (χ2n) is 5.83. The Balaban J connectivity index is 1.81. The van der Waals surface area contributed by atoms with Crippen LogP contribution in [-0.2, 0) is 11.3 Å². The lowest BCUT2D eigenvalue weighted by molar-refractivity contribution is -0.121. The quantitative estimate of drug-likeness (QED) is 0.796. The smallest absolute Gasteiger partial charge is 0.240 e. The van der Waals surface area contributed by atoms with Gasteiger partial charge in [0, 0.05) is 11.6 Å². The van der Waals surface area contributed by atoms with Gasteiger partial charge in [-0.25, -0.2) is 4.98 Å². The highest BCUT2D eigenvalue weighted by molar-refractivity contribution is 6.33. The van der Waals surface area contributed by atoms with E-state index in [1.165, 1.54) is 0 Å². The molecule has 1 aliphatic rings. The Hall–Kier alpha value is -2.33. The molecule has 0 bridgehead atoms. The van der Waals surface area contributed by atoms with E-state index in [9.17, 15) is 4.79 Å². The number of hydrogen-bond donors (Lipinski definition) is 1. The second kappa shape index (κ2) is 5.70. The highest BCUT2D eigenvalue weighted by Crippen LogP contribution is 2.30. The number of carbonyl (C=O) groups is 1. The number of nitrogens with zero attached hydrogens (tertiary/aromatic N) is 2. The normalized spacial score (nSPS) is 14.1. The van der Waals surface area contributed by atoms with E-state index < -0.39 is 0 Å². The van der Waals surface area contributed by atoms with Crippen LogP contribution >= 0.6 is 11.6 Å². The van der Waals surface area contributed by atoms with Crippen molar-refractivity contribution in [2.75, 3.05) is 0 Å². The Kier molecular flexibility index (Phi) is 3.54. The van der Waals surface area contributed by atoms with Crippen LogP contribution in [0, 0.1) is 0 Å². The van der Waals surface area contributed by atoms with E-state index in [4.69, 9.17) is 16.6 Å². The summed E-state index contributed by atoms with van der Waals surface area (Å²) in [7, 11) is 0. The lowest BCUT2D eigenvalue weighted by Crippen LogP contribution is -2.29. The van der Waals surface area contributed by atoms with Gasteiger partial charge < -0.3 is 9.88 Å². The minimum Gasteiger partial charge on any atom is -0.352 e. The first-order valence-corrected chi connectivity index (χ1v) is 8.10. The Labute approximate surface area is 139 Å². The van der Waals surface area contributed by atoms with Crippen molar-refractivity contribution in [2.24, 2.45) is 0 Å². The highest BCUT2D eigenvalue weighted by atomic mass is 35.5. The topological polar surface area (TPSA) is 46.9 Å². The molecule has 1 amide bonds. The number of halogens is 1. The summed E-state index contributed by atoms with van der Waals surface area (Å²) in [5.41, 5.74) is 2.64. The van der Waals surface area contributed by atoms with E-state index in [-0.39, 0.29) is 12.5 Å². The van der Waals surface area contributed by atoms with E-state index in [1.807, 2.05) is 53.1 Å². The standard InChI is InChI=1S/C18H16ClN3O/c19-14-6-2-1-5-13(14)18-21-15-7-3-4-8-16(15)22(18)11-17(23)20-12-9-10-12/h1-8,12H,9-11H2,(H,20,23). The average molecular weight is 326 g/mol. The molecule has 1 aliphatic carbocycles. The number of hydrogen-bond acceptors (Lipinski definition) is 2. The molecule has 1 heterocycles. The summed E-state index contributed by atoms with van der Waals surface area (Å²) in [5, 5.41) is 3.66. The van der Waals surface area contributed by atoms with Gasteiger partial charge in [0.2, 0.25) is 5.91 Å². The third kappa shape index (κ3) is 2.82. The summed E-state index contributed by atoms with van der Waals surface area (Å²) >= 11 is 6.34. The van der Waals surface area contributed by atoms with Gasteiger partial charge in [0.05, 0.1) is 16.1 Å². The first kappa shape index (κ1) is 14.3.